The van der Waals surface area contributed by atoms with Gasteiger partial charge in [-0.3, -0.25) is 4.90 Å². The normalized spacial score (nSPS) is 18.2. The maximum Gasteiger partial charge on any atom is 0.252 e. The molecule has 148 valence electrons. The van der Waals surface area contributed by atoms with Gasteiger partial charge in [0.2, 0.25) is 0 Å². The van der Waals surface area contributed by atoms with Gasteiger partial charge in [0.25, 0.3) is 5.78 Å². The number of rotatable bonds is 7. The molecule has 0 amide bonds. The van der Waals surface area contributed by atoms with Gasteiger partial charge in [0.1, 0.15) is 0 Å². The van der Waals surface area contributed by atoms with Crippen molar-refractivity contribution in [2.75, 3.05) is 33.2 Å². The van der Waals surface area contributed by atoms with Gasteiger partial charge in [0.05, 0.1) is 6.54 Å². The number of piperidine rings is 1. The summed E-state index contributed by atoms with van der Waals surface area (Å²) in [6.07, 6.45) is 7.28. The third-order valence-corrected chi connectivity index (χ3v) is 5.63. The highest BCUT2D eigenvalue weighted by molar-refractivity contribution is 6.30. The van der Waals surface area contributed by atoms with Crippen LogP contribution in [-0.2, 0) is 13.0 Å². The molecule has 1 fully saturated rings. The summed E-state index contributed by atoms with van der Waals surface area (Å²) in [5, 5.41) is 5.32. The van der Waals surface area contributed by atoms with Crippen LogP contribution in [0.15, 0.2) is 42.7 Å². The molecule has 3 heterocycles. The van der Waals surface area contributed by atoms with Crippen molar-refractivity contribution in [3.8, 4) is 0 Å². The molecule has 3 aromatic rings. The van der Waals surface area contributed by atoms with Crippen LogP contribution in [0.2, 0.25) is 5.02 Å². The molecule has 6 nitrogen and oxygen atoms in total. The summed E-state index contributed by atoms with van der Waals surface area (Å²) in [6.45, 7) is 5.30. The fourth-order valence-electron chi connectivity index (χ4n) is 4.03. The highest BCUT2D eigenvalue weighted by Crippen LogP contribution is 2.19. The summed E-state index contributed by atoms with van der Waals surface area (Å²) in [4.78, 5) is 13.7. The van der Waals surface area contributed by atoms with Crippen molar-refractivity contribution in [3.63, 3.8) is 0 Å². The number of likely N-dealkylation sites (tertiary alicyclic amines) is 1. The van der Waals surface area contributed by atoms with Crippen molar-refractivity contribution in [1.29, 1.82) is 0 Å². The molecule has 0 saturated carbocycles. The molecule has 0 bridgehead atoms. The molecule has 1 atom stereocenters. The van der Waals surface area contributed by atoms with E-state index in [1.807, 2.05) is 24.4 Å². The Labute approximate surface area is 171 Å². The number of hydrogen-bond donors (Lipinski definition) is 0. The Bertz CT molecular complexity index is 860. The quantitative estimate of drug-likeness (QED) is 0.611. The number of fused-ring (bicyclic) bond motifs is 1. The molecule has 1 aromatic carbocycles. The molecule has 1 saturated heterocycles. The zero-order valence-corrected chi connectivity index (χ0v) is 17.1. The summed E-state index contributed by atoms with van der Waals surface area (Å²) in [5.41, 5.74) is 1.36. The topological polar surface area (TPSA) is 49.6 Å². The molecule has 0 N–H and O–H groups in total. The lowest BCUT2D eigenvalue weighted by molar-refractivity contribution is 0.141. The van der Waals surface area contributed by atoms with Crippen LogP contribution in [0.3, 0.4) is 0 Å². The Balaban J connectivity index is 1.26. The Morgan fingerprint density at radius 3 is 2.93 bits per heavy atom. The van der Waals surface area contributed by atoms with E-state index in [0.29, 0.717) is 11.7 Å². The molecule has 0 spiro atoms. The van der Waals surface area contributed by atoms with E-state index in [2.05, 4.69) is 44.0 Å². The average molecular weight is 399 g/mol. The molecule has 0 radical (unpaired) electrons. The zero-order chi connectivity index (χ0) is 19.3. The van der Waals surface area contributed by atoms with Crippen LogP contribution in [0, 0.1) is 5.92 Å². The first-order valence-electron chi connectivity index (χ1n) is 9.97. The first kappa shape index (κ1) is 19.3. The van der Waals surface area contributed by atoms with Gasteiger partial charge in [-0.15, -0.1) is 5.10 Å². The van der Waals surface area contributed by atoms with Crippen molar-refractivity contribution in [1.82, 2.24) is 29.4 Å². The van der Waals surface area contributed by atoms with Gasteiger partial charge in [-0.25, -0.2) is 9.50 Å². The van der Waals surface area contributed by atoms with Crippen molar-refractivity contribution in [3.05, 3.63) is 59.1 Å². The Morgan fingerprint density at radius 1 is 1.25 bits per heavy atom. The van der Waals surface area contributed by atoms with Gasteiger partial charge in [0.15, 0.2) is 5.82 Å². The first-order chi connectivity index (χ1) is 13.7. The summed E-state index contributed by atoms with van der Waals surface area (Å²) >= 11 is 5.98. The van der Waals surface area contributed by atoms with Crippen molar-refractivity contribution in [2.45, 2.75) is 25.8 Å². The highest BCUT2D eigenvalue weighted by Gasteiger charge is 2.21. The number of benzene rings is 1. The smallest absolute Gasteiger partial charge is 0.252 e. The number of hydrogen-bond acceptors (Lipinski definition) is 5. The fourth-order valence-corrected chi connectivity index (χ4v) is 4.16. The molecule has 28 heavy (non-hydrogen) atoms. The fraction of sp³-hybridized carbons (Fsp3) is 0.476. The standard InChI is InChI=1S/C21H27ClN6/c1-26(16-20-24-21-23-10-3-12-28(21)25-20)14-18-4-2-11-27(15-18)13-9-17-5-7-19(22)8-6-17/h3,5-8,10,12,18H,2,4,9,11,13-16H2,1H3/t18-/m1/s1. The molecule has 0 unspecified atom stereocenters. The third-order valence-electron chi connectivity index (χ3n) is 5.37. The van der Waals surface area contributed by atoms with Crippen molar-refractivity contribution < 1.29 is 0 Å². The average Bonchev–Trinajstić information content (AvgIpc) is 3.10. The third kappa shape index (κ3) is 5.07. The van der Waals surface area contributed by atoms with Gasteiger partial charge in [-0.05, 0) is 62.5 Å². The second-order valence-corrected chi connectivity index (χ2v) is 8.21. The molecule has 4 rings (SSSR count). The second-order valence-electron chi connectivity index (χ2n) is 7.77. The highest BCUT2D eigenvalue weighted by atomic mass is 35.5. The van der Waals surface area contributed by atoms with E-state index in [4.69, 9.17) is 11.6 Å². The van der Waals surface area contributed by atoms with Crippen LogP contribution in [0.5, 0.6) is 0 Å². The van der Waals surface area contributed by atoms with Crippen molar-refractivity contribution >= 4 is 17.4 Å². The Hall–Kier alpha value is -2.02. The molecular weight excluding hydrogens is 372 g/mol. The molecule has 7 heteroatoms. The Kier molecular flexibility index (Phi) is 6.20. The van der Waals surface area contributed by atoms with Crippen LogP contribution >= 0.6 is 11.6 Å². The second kappa shape index (κ2) is 8.99. The Morgan fingerprint density at radius 2 is 2.11 bits per heavy atom. The summed E-state index contributed by atoms with van der Waals surface area (Å²) in [5.74, 6) is 2.19. The lowest BCUT2D eigenvalue weighted by atomic mass is 9.97. The molecular formula is C21H27ClN6. The summed E-state index contributed by atoms with van der Waals surface area (Å²) < 4.78 is 1.74. The van der Waals surface area contributed by atoms with E-state index >= 15 is 0 Å². The van der Waals surface area contributed by atoms with Crippen molar-refractivity contribution in [2.24, 2.45) is 5.92 Å². The summed E-state index contributed by atoms with van der Waals surface area (Å²) in [6, 6.07) is 10.1. The number of aromatic nitrogens is 4. The minimum Gasteiger partial charge on any atom is -0.303 e. The maximum atomic E-state index is 5.98. The predicted molar refractivity (Wildman–Crippen MR) is 111 cm³/mol. The lowest BCUT2D eigenvalue weighted by Gasteiger charge is -2.34. The van der Waals surface area contributed by atoms with Crippen LogP contribution in [-0.4, -0.2) is 62.6 Å². The minimum absolute atomic E-state index is 0.664. The van der Waals surface area contributed by atoms with Gasteiger partial charge in [-0.2, -0.15) is 4.98 Å². The number of nitrogens with zero attached hydrogens (tertiary/aromatic N) is 6. The lowest BCUT2D eigenvalue weighted by Crippen LogP contribution is -2.40. The van der Waals surface area contributed by atoms with E-state index < -0.39 is 0 Å². The molecule has 1 aliphatic rings. The molecule has 0 aliphatic carbocycles. The maximum absolute atomic E-state index is 5.98. The van der Waals surface area contributed by atoms with Crippen LogP contribution in [0.1, 0.15) is 24.2 Å². The molecule has 2 aromatic heterocycles. The monoisotopic (exact) mass is 398 g/mol. The SMILES string of the molecule is CN(Cc1nc2ncccn2n1)C[C@H]1CCCN(CCc2ccc(Cl)cc2)C1. The van der Waals surface area contributed by atoms with Crippen LogP contribution < -0.4 is 0 Å². The molecule has 1 aliphatic heterocycles. The number of halogens is 1. The van der Waals surface area contributed by atoms with E-state index in [9.17, 15) is 0 Å². The van der Waals surface area contributed by atoms with Gasteiger partial charge in [-0.1, -0.05) is 23.7 Å². The van der Waals surface area contributed by atoms with Crippen LogP contribution in [0.4, 0.5) is 0 Å². The predicted octanol–water partition coefficient (Wildman–Crippen LogP) is 3.16. The van der Waals surface area contributed by atoms with E-state index in [0.717, 1.165) is 43.4 Å². The van der Waals surface area contributed by atoms with E-state index in [1.54, 1.807) is 10.7 Å². The van der Waals surface area contributed by atoms with E-state index in [-0.39, 0.29) is 0 Å². The van der Waals surface area contributed by atoms with E-state index in [1.165, 1.54) is 24.9 Å². The van der Waals surface area contributed by atoms with Crippen LogP contribution in [0.25, 0.3) is 5.78 Å². The van der Waals surface area contributed by atoms with Gasteiger partial charge >= 0.3 is 0 Å². The van der Waals surface area contributed by atoms with Gasteiger partial charge in [0, 0.05) is 37.1 Å². The van der Waals surface area contributed by atoms with Gasteiger partial charge < -0.3 is 4.90 Å². The largest absolute Gasteiger partial charge is 0.303 e. The minimum atomic E-state index is 0.664. The zero-order valence-electron chi connectivity index (χ0n) is 16.3. The summed E-state index contributed by atoms with van der Waals surface area (Å²) in [7, 11) is 2.16. The first-order valence-corrected chi connectivity index (χ1v) is 10.3.